The molecule has 0 radical (unpaired) electrons. The topological polar surface area (TPSA) is 98.2 Å². The van der Waals surface area contributed by atoms with Gasteiger partial charge in [0, 0.05) is 6.54 Å². The summed E-state index contributed by atoms with van der Waals surface area (Å²) in [6.07, 6.45) is 2.10. The van der Waals surface area contributed by atoms with Gasteiger partial charge in [0.1, 0.15) is 5.76 Å². The average molecular weight is 249 g/mol. The molecule has 0 atom stereocenters. The molecule has 1 saturated carbocycles. The van der Waals surface area contributed by atoms with Gasteiger partial charge in [0.25, 0.3) is 5.56 Å². The molecule has 2 aromatic rings. The van der Waals surface area contributed by atoms with Crippen LogP contribution in [-0.2, 0) is 6.54 Å². The molecule has 7 nitrogen and oxygen atoms in total. The normalized spacial score (nSPS) is 15.2. The van der Waals surface area contributed by atoms with Crippen molar-refractivity contribution in [3.8, 4) is 0 Å². The lowest BCUT2D eigenvalue weighted by molar-refractivity contribution is 0.0689. The van der Waals surface area contributed by atoms with Crippen LogP contribution in [-0.4, -0.2) is 26.0 Å². The number of carboxylic acid groups (broad SMARTS) is 1. The quantitative estimate of drug-likeness (QED) is 0.863. The Bertz CT molecular complexity index is 696. The molecule has 0 unspecified atom stereocenters. The van der Waals surface area contributed by atoms with E-state index in [1.54, 1.807) is 6.92 Å². The van der Waals surface area contributed by atoms with Gasteiger partial charge in [0.15, 0.2) is 11.2 Å². The molecular formula is C11H11N3O4. The highest BCUT2D eigenvalue weighted by molar-refractivity contribution is 6.00. The predicted octanol–water partition coefficient (Wildman–Crippen LogP) is 0.801. The standard InChI is InChI=1S/C11H11N3O4/c1-5-7-8(13-18-5)10(15)14(4-6-2-3-6)12-9(7)11(16)17/h6H,2-4H2,1H3,(H,16,17). The van der Waals surface area contributed by atoms with Gasteiger partial charge in [-0.3, -0.25) is 4.79 Å². The number of hydrogen-bond donors (Lipinski definition) is 1. The zero-order valence-electron chi connectivity index (χ0n) is 9.71. The number of aromatic carboxylic acids is 1. The molecule has 0 aliphatic heterocycles. The van der Waals surface area contributed by atoms with Crippen molar-refractivity contribution in [1.29, 1.82) is 0 Å². The first-order valence-corrected chi connectivity index (χ1v) is 5.68. The molecule has 0 amide bonds. The number of nitrogens with zero attached hydrogens (tertiary/aromatic N) is 3. The Balaban J connectivity index is 2.28. The summed E-state index contributed by atoms with van der Waals surface area (Å²) in [7, 11) is 0. The lowest BCUT2D eigenvalue weighted by Crippen LogP contribution is -2.26. The Morgan fingerprint density at radius 3 is 2.89 bits per heavy atom. The maximum absolute atomic E-state index is 12.1. The van der Waals surface area contributed by atoms with E-state index in [1.807, 2.05) is 0 Å². The smallest absolute Gasteiger partial charge is 0.357 e. The van der Waals surface area contributed by atoms with E-state index in [-0.39, 0.29) is 16.6 Å². The third-order valence-corrected chi connectivity index (χ3v) is 3.09. The van der Waals surface area contributed by atoms with E-state index in [9.17, 15) is 9.59 Å². The van der Waals surface area contributed by atoms with Crippen molar-refractivity contribution in [3.05, 3.63) is 21.8 Å². The lowest BCUT2D eigenvalue weighted by Gasteiger charge is -2.04. The second kappa shape index (κ2) is 3.66. The molecule has 1 N–H and O–H groups in total. The Kier molecular flexibility index (Phi) is 2.22. The fraction of sp³-hybridized carbons (Fsp3) is 0.455. The molecule has 2 heterocycles. The van der Waals surface area contributed by atoms with E-state index >= 15 is 0 Å². The number of carbonyl (C=O) groups is 1. The minimum Gasteiger partial charge on any atom is -0.476 e. The highest BCUT2D eigenvalue weighted by Crippen LogP contribution is 2.30. The van der Waals surface area contributed by atoms with Crippen LogP contribution in [0, 0.1) is 12.8 Å². The Hall–Kier alpha value is -2.18. The molecule has 7 heteroatoms. The lowest BCUT2D eigenvalue weighted by atomic mass is 10.2. The van der Waals surface area contributed by atoms with E-state index in [1.165, 1.54) is 4.68 Å². The second-order valence-corrected chi connectivity index (χ2v) is 4.55. The third kappa shape index (κ3) is 1.59. The Labute approximate surface area is 101 Å². The van der Waals surface area contributed by atoms with Crippen molar-refractivity contribution < 1.29 is 14.4 Å². The van der Waals surface area contributed by atoms with Gasteiger partial charge >= 0.3 is 5.97 Å². The van der Waals surface area contributed by atoms with Crippen LogP contribution < -0.4 is 5.56 Å². The van der Waals surface area contributed by atoms with Crippen molar-refractivity contribution in [3.63, 3.8) is 0 Å². The minimum absolute atomic E-state index is 0.0422. The Morgan fingerprint density at radius 1 is 1.56 bits per heavy atom. The zero-order valence-corrected chi connectivity index (χ0v) is 9.71. The van der Waals surface area contributed by atoms with E-state index in [2.05, 4.69) is 10.3 Å². The van der Waals surface area contributed by atoms with Crippen LogP contribution in [0.25, 0.3) is 10.9 Å². The van der Waals surface area contributed by atoms with Gasteiger partial charge in [0.05, 0.1) is 5.39 Å². The predicted molar refractivity (Wildman–Crippen MR) is 60.5 cm³/mol. The van der Waals surface area contributed by atoms with Crippen LogP contribution >= 0.6 is 0 Å². The third-order valence-electron chi connectivity index (χ3n) is 3.09. The van der Waals surface area contributed by atoms with Gasteiger partial charge in [0.2, 0.25) is 0 Å². The molecule has 0 bridgehead atoms. The van der Waals surface area contributed by atoms with Gasteiger partial charge in [-0.2, -0.15) is 5.10 Å². The monoisotopic (exact) mass is 249 g/mol. The molecule has 94 valence electrons. The minimum atomic E-state index is -1.18. The van der Waals surface area contributed by atoms with Crippen LogP contribution in [0.4, 0.5) is 0 Å². The molecule has 0 spiro atoms. The van der Waals surface area contributed by atoms with Gasteiger partial charge < -0.3 is 9.63 Å². The second-order valence-electron chi connectivity index (χ2n) is 4.55. The fourth-order valence-electron chi connectivity index (χ4n) is 1.95. The summed E-state index contributed by atoms with van der Waals surface area (Å²) < 4.78 is 6.08. The molecule has 0 aromatic carbocycles. The molecule has 18 heavy (non-hydrogen) atoms. The number of aromatic nitrogens is 3. The number of carboxylic acids is 1. The summed E-state index contributed by atoms with van der Waals surface area (Å²) in [5, 5.41) is 16.9. The van der Waals surface area contributed by atoms with Crippen molar-refractivity contribution in [2.24, 2.45) is 5.92 Å². The van der Waals surface area contributed by atoms with Crippen LogP contribution in [0.3, 0.4) is 0 Å². The summed E-state index contributed by atoms with van der Waals surface area (Å²) in [5.41, 5.74) is -0.525. The first-order chi connectivity index (χ1) is 8.58. The average Bonchev–Trinajstić information content (AvgIpc) is 3.05. The number of aryl methyl sites for hydroxylation is 1. The van der Waals surface area contributed by atoms with Crippen molar-refractivity contribution in [1.82, 2.24) is 14.9 Å². The molecule has 0 saturated heterocycles. The van der Waals surface area contributed by atoms with E-state index in [0.29, 0.717) is 18.2 Å². The summed E-state index contributed by atoms with van der Waals surface area (Å²) in [5.74, 6) is -0.469. The first-order valence-electron chi connectivity index (χ1n) is 5.68. The molecule has 3 rings (SSSR count). The summed E-state index contributed by atoms with van der Waals surface area (Å²) in [4.78, 5) is 23.2. The molecular weight excluding hydrogens is 238 g/mol. The maximum atomic E-state index is 12.1. The van der Waals surface area contributed by atoms with Crippen molar-refractivity contribution in [2.45, 2.75) is 26.3 Å². The first kappa shape index (κ1) is 10.9. The van der Waals surface area contributed by atoms with Crippen molar-refractivity contribution >= 4 is 16.9 Å². The number of hydrogen-bond acceptors (Lipinski definition) is 5. The number of rotatable bonds is 3. The van der Waals surface area contributed by atoms with Gasteiger partial charge in [-0.25, -0.2) is 9.48 Å². The fourth-order valence-corrected chi connectivity index (χ4v) is 1.95. The van der Waals surface area contributed by atoms with Crippen LogP contribution in [0.15, 0.2) is 9.32 Å². The van der Waals surface area contributed by atoms with Gasteiger partial charge in [-0.15, -0.1) is 0 Å². The van der Waals surface area contributed by atoms with E-state index < -0.39 is 11.5 Å². The zero-order chi connectivity index (χ0) is 12.9. The number of fused-ring (bicyclic) bond motifs is 1. The highest BCUT2D eigenvalue weighted by Gasteiger charge is 2.26. The van der Waals surface area contributed by atoms with Crippen LogP contribution in [0.5, 0.6) is 0 Å². The van der Waals surface area contributed by atoms with Gasteiger partial charge in [-0.05, 0) is 25.7 Å². The SMILES string of the molecule is Cc1onc2c(=O)n(CC3CC3)nc(C(=O)O)c12. The summed E-state index contributed by atoms with van der Waals surface area (Å²) in [6.45, 7) is 2.01. The summed E-state index contributed by atoms with van der Waals surface area (Å²) in [6, 6.07) is 0. The van der Waals surface area contributed by atoms with Crippen LogP contribution in [0.1, 0.15) is 29.1 Å². The molecule has 1 aliphatic carbocycles. The van der Waals surface area contributed by atoms with E-state index in [0.717, 1.165) is 12.8 Å². The molecule has 2 aromatic heterocycles. The molecule has 1 aliphatic rings. The highest BCUT2D eigenvalue weighted by atomic mass is 16.5. The van der Waals surface area contributed by atoms with E-state index in [4.69, 9.17) is 9.63 Å². The largest absolute Gasteiger partial charge is 0.476 e. The van der Waals surface area contributed by atoms with Gasteiger partial charge in [-0.1, -0.05) is 5.16 Å². The summed E-state index contributed by atoms with van der Waals surface area (Å²) >= 11 is 0. The van der Waals surface area contributed by atoms with Crippen LogP contribution in [0.2, 0.25) is 0 Å². The van der Waals surface area contributed by atoms with Crippen molar-refractivity contribution in [2.75, 3.05) is 0 Å². The Morgan fingerprint density at radius 2 is 2.28 bits per heavy atom. The maximum Gasteiger partial charge on any atom is 0.357 e. The molecule has 1 fully saturated rings.